The lowest BCUT2D eigenvalue weighted by atomic mass is 9.60. The second kappa shape index (κ2) is 20.1. The van der Waals surface area contributed by atoms with Crippen LogP contribution in [-0.4, -0.2) is 61.9 Å². The lowest BCUT2D eigenvalue weighted by molar-refractivity contribution is -0.153. The summed E-state index contributed by atoms with van der Waals surface area (Å²) in [5.74, 6) is -1.33. The van der Waals surface area contributed by atoms with Crippen molar-refractivity contribution in [2.45, 2.75) is 65.5 Å². The highest BCUT2D eigenvalue weighted by Gasteiger charge is 2.43. The molecule has 0 saturated carbocycles. The van der Waals surface area contributed by atoms with Crippen molar-refractivity contribution < 1.29 is 41.0 Å². The average molecular weight is 827 g/mol. The molecular weight excluding hydrogens is 783 g/mol. The number of esters is 1. The standard InChI is InChI=1S/C24H28BClFNO3.C16H16BClFNO4S/c1-4-24(16-28,23(29)31-5-2)14-18(15-25(3)30)12-17-6-8-19(9-7-17)21-13-20(26)10-11-22(21)27;1-17(21)20-14(10-24-25(20,22)23)8-11-2-4-12(5-3-11)15-9-13(18)6-7-16(15)19/h6-11,13,18,30H,4-5,12,14-15H2,1-3H3;2-7,9,14,21H,8,10H2,1H3/t18-,24?;14-/m11/s1. The van der Waals surface area contributed by atoms with Crippen LogP contribution in [-0.2, 0) is 36.9 Å². The van der Waals surface area contributed by atoms with Gasteiger partial charge in [0.15, 0.2) is 5.41 Å². The first-order valence-corrected chi connectivity index (χ1v) is 20.4. The van der Waals surface area contributed by atoms with Crippen molar-refractivity contribution in [1.82, 2.24) is 4.22 Å². The van der Waals surface area contributed by atoms with Crippen LogP contribution >= 0.6 is 23.2 Å². The van der Waals surface area contributed by atoms with Gasteiger partial charge in [-0.25, -0.2) is 8.78 Å². The minimum atomic E-state index is -3.90. The van der Waals surface area contributed by atoms with E-state index in [0.29, 0.717) is 64.3 Å². The number of benzene rings is 4. The average Bonchev–Trinajstić information content (AvgIpc) is 3.46. The van der Waals surface area contributed by atoms with Crippen LogP contribution in [0.5, 0.6) is 0 Å². The number of hydrogen-bond acceptors (Lipinski definition) is 8. The number of carbonyl (C=O) groups is 1. The molecule has 16 heteroatoms. The summed E-state index contributed by atoms with van der Waals surface area (Å²) in [4.78, 5) is 12.5. The first-order chi connectivity index (χ1) is 26.5. The largest absolute Gasteiger partial charge is 0.465 e. The summed E-state index contributed by atoms with van der Waals surface area (Å²) in [6, 6.07) is 25.0. The molecule has 0 spiro atoms. The number of nitrogens with zero attached hydrogens (tertiary/aromatic N) is 2. The van der Waals surface area contributed by atoms with Gasteiger partial charge in [-0.05, 0) is 110 Å². The summed E-state index contributed by atoms with van der Waals surface area (Å²) in [6.45, 7) is 6.22. The molecule has 1 aliphatic heterocycles. The first-order valence-electron chi connectivity index (χ1n) is 18.2. The number of carbonyl (C=O) groups excluding carboxylic acids is 1. The van der Waals surface area contributed by atoms with Crippen molar-refractivity contribution in [1.29, 1.82) is 5.26 Å². The summed E-state index contributed by atoms with van der Waals surface area (Å²) in [5.41, 5.74) is 2.80. The van der Waals surface area contributed by atoms with Crippen molar-refractivity contribution in [3.8, 4) is 28.3 Å². The van der Waals surface area contributed by atoms with E-state index in [-0.39, 0.29) is 30.8 Å². The second-order valence-corrected chi connectivity index (χ2v) is 16.2. The Morgan fingerprint density at radius 3 is 1.91 bits per heavy atom. The summed E-state index contributed by atoms with van der Waals surface area (Å²) < 4.78 is 62.6. The highest BCUT2D eigenvalue weighted by molar-refractivity contribution is 7.85. The fourth-order valence-electron chi connectivity index (χ4n) is 6.83. The van der Waals surface area contributed by atoms with Crippen LogP contribution in [0.1, 0.15) is 37.8 Å². The maximum Gasteiger partial charge on any atom is 0.393 e. The van der Waals surface area contributed by atoms with Gasteiger partial charge in [0.25, 0.3) is 6.92 Å². The van der Waals surface area contributed by atoms with Crippen LogP contribution in [0.25, 0.3) is 22.3 Å². The zero-order valence-corrected chi connectivity index (χ0v) is 33.9. The molecule has 0 radical (unpaired) electrons. The van der Waals surface area contributed by atoms with Gasteiger partial charge in [-0.15, -0.1) is 0 Å². The molecule has 1 fully saturated rings. The van der Waals surface area contributed by atoms with Gasteiger partial charge >= 0.3 is 23.3 Å². The fraction of sp³-hybridized carbons (Fsp3) is 0.350. The van der Waals surface area contributed by atoms with Crippen LogP contribution in [0.4, 0.5) is 8.78 Å². The van der Waals surface area contributed by atoms with Gasteiger partial charge in [0.05, 0.1) is 19.3 Å². The number of hydrogen-bond donors (Lipinski definition) is 2. The molecule has 1 heterocycles. The van der Waals surface area contributed by atoms with Gasteiger partial charge in [-0.3, -0.25) is 8.98 Å². The van der Waals surface area contributed by atoms with E-state index in [4.69, 9.17) is 32.1 Å². The lowest BCUT2D eigenvalue weighted by Crippen LogP contribution is -2.45. The van der Waals surface area contributed by atoms with Crippen LogP contribution in [0.2, 0.25) is 30.0 Å². The summed E-state index contributed by atoms with van der Waals surface area (Å²) in [7, 11) is -5.07. The molecule has 0 aromatic heterocycles. The van der Waals surface area contributed by atoms with E-state index in [0.717, 1.165) is 15.3 Å². The highest BCUT2D eigenvalue weighted by atomic mass is 35.5. The van der Waals surface area contributed by atoms with E-state index in [9.17, 15) is 37.3 Å². The SMILES string of the molecule is CB(O)N1[C@H](Cc2ccc(-c3cc(Cl)ccc3F)cc2)COS1(=O)=O.CCOC(=O)C(C#N)(CC)C[C@H](CB(C)O)Cc1ccc(-c2cc(Cl)ccc2F)cc1. The molecule has 0 bridgehead atoms. The predicted molar refractivity (Wildman–Crippen MR) is 217 cm³/mol. The molecule has 4 aromatic rings. The van der Waals surface area contributed by atoms with Gasteiger partial charge in [0.1, 0.15) is 11.6 Å². The monoisotopic (exact) mass is 826 g/mol. The quantitative estimate of drug-likeness (QED) is 0.0954. The Morgan fingerprint density at radius 1 is 0.946 bits per heavy atom. The second-order valence-electron chi connectivity index (χ2n) is 13.8. The Morgan fingerprint density at radius 2 is 1.46 bits per heavy atom. The molecule has 4 aromatic carbocycles. The van der Waals surface area contributed by atoms with Crippen molar-refractivity contribution in [2.75, 3.05) is 13.2 Å². The van der Waals surface area contributed by atoms with E-state index in [1.807, 2.05) is 24.3 Å². The smallest absolute Gasteiger partial charge is 0.393 e. The topological polar surface area (TPSA) is 137 Å². The van der Waals surface area contributed by atoms with Crippen molar-refractivity contribution in [3.05, 3.63) is 118 Å². The molecular formula is C40H44B2Cl2F2N2O7S. The number of halogens is 4. The van der Waals surface area contributed by atoms with E-state index in [1.165, 1.54) is 31.1 Å². The minimum absolute atomic E-state index is 0.0160. The number of rotatable bonds is 14. The molecule has 1 saturated heterocycles. The molecule has 1 aliphatic rings. The number of ether oxygens (including phenoxy) is 1. The van der Waals surface area contributed by atoms with Crippen molar-refractivity contribution in [3.63, 3.8) is 0 Å². The highest BCUT2D eigenvalue weighted by Crippen LogP contribution is 2.36. The minimum Gasteiger partial charge on any atom is -0.465 e. The lowest BCUT2D eigenvalue weighted by Gasteiger charge is -2.28. The van der Waals surface area contributed by atoms with Crippen molar-refractivity contribution in [2.24, 2.45) is 11.3 Å². The summed E-state index contributed by atoms with van der Waals surface area (Å²) in [6.07, 6.45) is 2.04. The maximum absolute atomic E-state index is 14.2. The van der Waals surface area contributed by atoms with Crippen LogP contribution in [0.3, 0.4) is 0 Å². The Balaban J connectivity index is 0.000000254. The third kappa shape index (κ3) is 11.6. The first kappa shape index (κ1) is 44.9. The van der Waals surface area contributed by atoms with Gasteiger partial charge in [0, 0.05) is 27.2 Å². The zero-order chi connectivity index (χ0) is 41.2. The molecule has 9 nitrogen and oxygen atoms in total. The summed E-state index contributed by atoms with van der Waals surface area (Å²) >= 11 is 11.9. The Bertz CT molecular complexity index is 2110. The maximum atomic E-state index is 14.2. The van der Waals surface area contributed by atoms with Gasteiger partial charge in [0.2, 0.25) is 0 Å². The molecule has 0 amide bonds. The molecule has 0 aliphatic carbocycles. The number of nitriles is 1. The predicted octanol–water partition coefficient (Wildman–Crippen LogP) is 8.54. The molecule has 1 unspecified atom stereocenters. The van der Waals surface area contributed by atoms with Gasteiger partial charge in [-0.2, -0.15) is 17.9 Å². The van der Waals surface area contributed by atoms with Crippen molar-refractivity contribution >= 4 is 53.4 Å². The molecule has 56 heavy (non-hydrogen) atoms. The van der Waals surface area contributed by atoms with Gasteiger partial charge < -0.3 is 14.8 Å². The Labute approximate surface area is 338 Å². The van der Waals surface area contributed by atoms with Crippen LogP contribution in [0, 0.1) is 34.3 Å². The fourth-order valence-corrected chi connectivity index (χ4v) is 8.50. The van der Waals surface area contributed by atoms with E-state index < -0.39 is 41.7 Å². The van der Waals surface area contributed by atoms with E-state index in [1.54, 1.807) is 57.1 Å². The third-order valence-corrected chi connectivity index (χ3v) is 11.6. The third-order valence-electron chi connectivity index (χ3n) is 9.57. The summed E-state index contributed by atoms with van der Waals surface area (Å²) in [5, 5.41) is 30.4. The molecule has 3 atom stereocenters. The molecule has 5 rings (SSSR count). The molecule has 296 valence electrons. The Hall–Kier alpha value is -3.80. The van der Waals surface area contributed by atoms with Crippen LogP contribution < -0.4 is 0 Å². The van der Waals surface area contributed by atoms with E-state index >= 15 is 0 Å². The zero-order valence-electron chi connectivity index (χ0n) is 31.6. The van der Waals surface area contributed by atoms with E-state index in [2.05, 4.69) is 6.07 Å². The molecule has 2 N–H and O–H groups in total. The Kier molecular flexibility index (Phi) is 16.1. The van der Waals surface area contributed by atoms with Crippen LogP contribution in [0.15, 0.2) is 84.9 Å². The normalized spacial score (nSPS) is 16.5. The van der Waals surface area contributed by atoms with Gasteiger partial charge in [-0.1, -0.05) is 85.5 Å².